The highest BCUT2D eigenvalue weighted by Gasteiger charge is 2.29. The lowest BCUT2D eigenvalue weighted by Gasteiger charge is -2.34. The van der Waals surface area contributed by atoms with Crippen LogP contribution in [-0.2, 0) is 16.1 Å². The molecule has 0 atom stereocenters. The maximum Gasteiger partial charge on any atom is 0.308 e. The van der Waals surface area contributed by atoms with Gasteiger partial charge in [-0.3, -0.25) is 9.69 Å². The summed E-state index contributed by atoms with van der Waals surface area (Å²) in [5, 5.41) is 3.73. The van der Waals surface area contributed by atoms with E-state index in [1.807, 2.05) is 55.5 Å². The number of fused-ring (bicyclic) bond motifs is 1. The summed E-state index contributed by atoms with van der Waals surface area (Å²) in [6.07, 6.45) is 2.19. The zero-order valence-corrected chi connectivity index (χ0v) is 30.4. The first-order valence-corrected chi connectivity index (χ1v) is 17.3. The Morgan fingerprint density at radius 3 is 2.46 bits per heavy atom. The fraction of sp³-hybridized carbons (Fsp3) is 0.324. The number of ether oxygens (including phenoxy) is 2. The molecule has 1 fully saturated rings. The molecule has 6 rings (SSSR count). The van der Waals surface area contributed by atoms with Crippen LogP contribution in [0.1, 0.15) is 49.1 Å². The van der Waals surface area contributed by atoms with Gasteiger partial charge >= 0.3 is 5.97 Å². The number of carbonyl (C=O) groups is 1. The molecule has 9 nitrogen and oxygen atoms in total. The third-order valence-electron chi connectivity index (χ3n) is 9.27. The predicted octanol–water partition coefficient (Wildman–Crippen LogP) is 9.33. The van der Waals surface area contributed by atoms with Gasteiger partial charge in [-0.2, -0.15) is 0 Å². The number of hydrogen-bond acceptors (Lipinski definition) is 9. The zero-order chi connectivity index (χ0) is 35.5. The summed E-state index contributed by atoms with van der Waals surface area (Å²) in [4.78, 5) is 31.6. The zero-order valence-electron chi connectivity index (χ0n) is 28.0. The molecule has 0 bridgehead atoms. The van der Waals surface area contributed by atoms with Gasteiger partial charge < -0.3 is 14.8 Å². The van der Waals surface area contributed by atoms with Crippen molar-refractivity contribution in [2.24, 2.45) is 5.92 Å². The van der Waals surface area contributed by atoms with Crippen LogP contribution in [0.2, 0.25) is 5.02 Å². The van der Waals surface area contributed by atoms with Crippen molar-refractivity contribution in [3.63, 3.8) is 0 Å². The number of methoxy groups -OCH3 is 2. The number of alkyl halides is 2. The Balaban J connectivity index is 1.26. The summed E-state index contributed by atoms with van der Waals surface area (Å²) < 4.78 is 38.7. The number of rotatable bonds is 10. The molecule has 0 spiro atoms. The minimum absolute atomic E-state index is 0.0248. The fourth-order valence-corrected chi connectivity index (χ4v) is 7.20. The van der Waals surface area contributed by atoms with Crippen LogP contribution in [0, 0.1) is 12.8 Å². The Labute approximate surface area is 302 Å². The molecule has 3 aromatic heterocycles. The number of carbonyl (C=O) groups excluding carboxylic acids is 1. The number of anilines is 2. The predicted molar refractivity (Wildman–Crippen MR) is 194 cm³/mol. The second-order valence-electron chi connectivity index (χ2n) is 12.3. The van der Waals surface area contributed by atoms with E-state index >= 15 is 0 Å². The van der Waals surface area contributed by atoms with Gasteiger partial charge in [-0.05, 0) is 84.9 Å². The van der Waals surface area contributed by atoms with Gasteiger partial charge in [0.1, 0.15) is 5.52 Å². The average Bonchev–Trinajstić information content (AvgIpc) is 3.12. The maximum atomic E-state index is 13.7. The van der Waals surface area contributed by atoms with Crippen LogP contribution in [0.4, 0.5) is 20.3 Å². The van der Waals surface area contributed by atoms with Gasteiger partial charge in [0.2, 0.25) is 5.88 Å². The molecule has 13 heteroatoms. The third-order valence-corrected chi connectivity index (χ3v) is 10.1. The molecule has 5 aromatic rings. The van der Waals surface area contributed by atoms with Gasteiger partial charge in [0.15, 0.2) is 11.6 Å². The number of hydrogen-bond donors (Lipinski definition) is 1. The quantitative estimate of drug-likeness (QED) is 0.139. The maximum absolute atomic E-state index is 13.7. The van der Waals surface area contributed by atoms with Crippen LogP contribution in [-0.4, -0.2) is 58.1 Å². The molecule has 1 aliphatic carbocycles. The molecule has 0 unspecified atom stereocenters. The molecule has 1 aliphatic rings. The van der Waals surface area contributed by atoms with E-state index in [0.29, 0.717) is 50.4 Å². The van der Waals surface area contributed by atoms with Gasteiger partial charge in [0.25, 0.3) is 6.43 Å². The van der Waals surface area contributed by atoms with Gasteiger partial charge in [0, 0.05) is 45.6 Å². The molecule has 260 valence electrons. The minimum Gasteiger partial charge on any atom is -0.481 e. The third kappa shape index (κ3) is 7.42. The lowest BCUT2D eigenvalue weighted by Crippen LogP contribution is -2.36. The average molecular weight is 766 g/mol. The highest BCUT2D eigenvalue weighted by Crippen LogP contribution is 2.40. The molecule has 0 saturated heterocycles. The van der Waals surface area contributed by atoms with E-state index in [2.05, 4.69) is 48.1 Å². The Bertz CT molecular complexity index is 2040. The summed E-state index contributed by atoms with van der Waals surface area (Å²) in [6.45, 7) is 2.57. The summed E-state index contributed by atoms with van der Waals surface area (Å²) in [7, 11) is 5.14. The second kappa shape index (κ2) is 15.3. The fourth-order valence-electron chi connectivity index (χ4n) is 6.56. The van der Waals surface area contributed by atoms with E-state index < -0.39 is 12.2 Å². The van der Waals surface area contributed by atoms with Crippen LogP contribution in [0.25, 0.3) is 33.4 Å². The SMILES string of the molecule is COC(=O)C1CCC(N(C)Cc2ccc(-c3cccc(-c4cccc(Nc5nc(C(F)F)nc6cc(Br)cnc56)c4C)c3Cl)nc2OC)CC1. The van der Waals surface area contributed by atoms with Crippen LogP contribution < -0.4 is 10.1 Å². The van der Waals surface area contributed by atoms with Crippen molar-refractivity contribution in [2.45, 2.75) is 51.6 Å². The molecule has 3 heterocycles. The van der Waals surface area contributed by atoms with Crippen molar-refractivity contribution in [2.75, 3.05) is 26.6 Å². The Kier molecular flexibility index (Phi) is 10.9. The van der Waals surface area contributed by atoms with Crippen molar-refractivity contribution in [1.29, 1.82) is 0 Å². The minimum atomic E-state index is -2.85. The van der Waals surface area contributed by atoms with E-state index in [0.717, 1.165) is 53.5 Å². The molecule has 0 radical (unpaired) electrons. The van der Waals surface area contributed by atoms with Gasteiger partial charge in [-0.15, -0.1) is 0 Å². The first-order chi connectivity index (χ1) is 24.1. The summed E-state index contributed by atoms with van der Waals surface area (Å²) in [6, 6.07) is 17.4. The van der Waals surface area contributed by atoms with Crippen molar-refractivity contribution >= 4 is 56.0 Å². The smallest absolute Gasteiger partial charge is 0.308 e. The first-order valence-electron chi connectivity index (χ1n) is 16.2. The summed E-state index contributed by atoms with van der Waals surface area (Å²) in [5.41, 5.74) is 6.11. The molecular formula is C37H36BrClF2N6O3. The molecule has 2 aromatic carbocycles. The topological polar surface area (TPSA) is 102 Å². The number of aromatic nitrogens is 4. The largest absolute Gasteiger partial charge is 0.481 e. The van der Waals surface area contributed by atoms with Crippen LogP contribution >= 0.6 is 27.5 Å². The van der Waals surface area contributed by atoms with E-state index in [1.54, 1.807) is 19.4 Å². The molecule has 50 heavy (non-hydrogen) atoms. The van der Waals surface area contributed by atoms with Crippen molar-refractivity contribution in [3.8, 4) is 28.3 Å². The van der Waals surface area contributed by atoms with Gasteiger partial charge in [-0.1, -0.05) is 48.0 Å². The second-order valence-corrected chi connectivity index (χ2v) is 13.6. The van der Waals surface area contributed by atoms with Crippen LogP contribution in [0.15, 0.2) is 65.3 Å². The molecule has 0 aliphatic heterocycles. The van der Waals surface area contributed by atoms with Crippen molar-refractivity contribution in [3.05, 3.63) is 87.2 Å². The molecule has 1 saturated carbocycles. The highest BCUT2D eigenvalue weighted by atomic mass is 79.9. The number of esters is 1. The van der Waals surface area contributed by atoms with Crippen LogP contribution in [0.5, 0.6) is 5.88 Å². The van der Waals surface area contributed by atoms with E-state index in [-0.39, 0.29) is 17.7 Å². The van der Waals surface area contributed by atoms with E-state index in [1.165, 1.54) is 7.11 Å². The van der Waals surface area contributed by atoms with Crippen molar-refractivity contribution in [1.82, 2.24) is 24.8 Å². The number of nitrogens with zero attached hydrogens (tertiary/aromatic N) is 5. The molecule has 1 N–H and O–H groups in total. The lowest BCUT2D eigenvalue weighted by atomic mass is 9.85. The normalized spacial score (nSPS) is 16.2. The standard InChI is InChI=1S/C37H36BrClF2N6O3/c1-20-25(7-6-10-28(20)43-34-32-30(17-23(38)18-42-32)44-35(46-34)33(40)41)26-8-5-9-27(31(26)39)29-16-13-22(36(45-29)49-3)19-47(2)24-14-11-21(12-15-24)37(48)50-4/h5-10,13,16-18,21,24,33H,11-12,14-15,19H2,1-4H3,(H,43,44,46). The lowest BCUT2D eigenvalue weighted by molar-refractivity contribution is -0.146. The number of nitrogens with one attached hydrogen (secondary N) is 1. The van der Waals surface area contributed by atoms with Gasteiger partial charge in [-0.25, -0.2) is 28.7 Å². The number of pyridine rings is 2. The van der Waals surface area contributed by atoms with Crippen molar-refractivity contribution < 1.29 is 23.0 Å². The van der Waals surface area contributed by atoms with Gasteiger partial charge in [0.05, 0.1) is 36.4 Å². The number of benzene rings is 2. The first kappa shape index (κ1) is 35.6. The number of halogens is 4. The Morgan fingerprint density at radius 1 is 1.02 bits per heavy atom. The van der Waals surface area contributed by atoms with E-state index in [4.69, 9.17) is 26.1 Å². The molecule has 0 amide bonds. The monoisotopic (exact) mass is 764 g/mol. The Morgan fingerprint density at radius 2 is 1.74 bits per heavy atom. The van der Waals surface area contributed by atoms with E-state index in [9.17, 15) is 13.6 Å². The highest BCUT2D eigenvalue weighted by molar-refractivity contribution is 9.10. The Hall–Kier alpha value is -4.26. The summed E-state index contributed by atoms with van der Waals surface area (Å²) >= 11 is 10.5. The summed E-state index contributed by atoms with van der Waals surface area (Å²) in [5.74, 6) is -0.0464. The van der Waals surface area contributed by atoms with Crippen LogP contribution in [0.3, 0.4) is 0 Å². The molecular weight excluding hydrogens is 730 g/mol.